The van der Waals surface area contributed by atoms with Gasteiger partial charge in [0, 0.05) is 25.5 Å². The van der Waals surface area contributed by atoms with Gasteiger partial charge in [0.15, 0.2) is 0 Å². The largest absolute Gasteiger partial charge is 0.378 e. The van der Waals surface area contributed by atoms with Gasteiger partial charge < -0.3 is 16.0 Å². The molecule has 0 spiro atoms. The quantitative estimate of drug-likeness (QED) is 0.740. The summed E-state index contributed by atoms with van der Waals surface area (Å²) in [6.45, 7) is 0. The standard InChI is InChI=1S/C11H14N6O/c1-17(2)8-5-3-7(4-6-8)13-10(18)9-14-11(12)16-15-9/h3-6H,1-2H3,(H,13,18)(H3,12,14,15,16). The highest BCUT2D eigenvalue weighted by Crippen LogP contribution is 2.15. The predicted octanol–water partition coefficient (Wildman–Crippen LogP) is 0.705. The first-order valence-electron chi connectivity index (χ1n) is 5.33. The van der Waals surface area contributed by atoms with Gasteiger partial charge in [0.1, 0.15) is 0 Å². The number of nitrogens with two attached hydrogens (primary N) is 1. The minimum atomic E-state index is -0.378. The van der Waals surface area contributed by atoms with Crippen molar-refractivity contribution in [1.82, 2.24) is 15.2 Å². The lowest BCUT2D eigenvalue weighted by molar-refractivity contribution is 0.101. The van der Waals surface area contributed by atoms with Gasteiger partial charge in [0.05, 0.1) is 0 Å². The van der Waals surface area contributed by atoms with Crippen molar-refractivity contribution in [2.24, 2.45) is 0 Å². The summed E-state index contributed by atoms with van der Waals surface area (Å²) in [4.78, 5) is 17.5. The Morgan fingerprint density at radius 1 is 1.33 bits per heavy atom. The number of nitrogens with zero attached hydrogens (tertiary/aromatic N) is 3. The molecule has 4 N–H and O–H groups in total. The topological polar surface area (TPSA) is 99.9 Å². The fraction of sp³-hybridized carbons (Fsp3) is 0.182. The number of H-pyrrole nitrogens is 1. The second kappa shape index (κ2) is 4.74. The summed E-state index contributed by atoms with van der Waals surface area (Å²) < 4.78 is 0. The van der Waals surface area contributed by atoms with Crippen molar-refractivity contribution in [3.63, 3.8) is 0 Å². The van der Waals surface area contributed by atoms with Gasteiger partial charge in [-0.15, -0.1) is 5.10 Å². The average Bonchev–Trinajstić information content (AvgIpc) is 2.76. The number of carbonyl (C=O) groups excluding carboxylic acids is 1. The molecule has 1 heterocycles. The maximum atomic E-state index is 11.7. The Labute approximate surface area is 104 Å². The van der Waals surface area contributed by atoms with E-state index in [1.54, 1.807) is 0 Å². The minimum Gasteiger partial charge on any atom is -0.378 e. The van der Waals surface area contributed by atoms with Gasteiger partial charge in [0.25, 0.3) is 5.91 Å². The van der Waals surface area contributed by atoms with Crippen LogP contribution in [0.15, 0.2) is 24.3 Å². The Bertz CT molecular complexity index is 545. The first-order valence-corrected chi connectivity index (χ1v) is 5.33. The Morgan fingerprint density at radius 3 is 2.50 bits per heavy atom. The highest BCUT2D eigenvalue weighted by Gasteiger charge is 2.10. The molecule has 1 aromatic heterocycles. The van der Waals surface area contributed by atoms with Gasteiger partial charge in [-0.05, 0) is 24.3 Å². The number of aromatic amines is 1. The van der Waals surface area contributed by atoms with E-state index in [1.165, 1.54) is 0 Å². The number of hydrogen-bond donors (Lipinski definition) is 3. The SMILES string of the molecule is CN(C)c1ccc(NC(=O)c2nc(N)n[nH]2)cc1. The summed E-state index contributed by atoms with van der Waals surface area (Å²) >= 11 is 0. The lowest BCUT2D eigenvalue weighted by Gasteiger charge is -2.12. The monoisotopic (exact) mass is 246 g/mol. The molecule has 1 aromatic carbocycles. The highest BCUT2D eigenvalue weighted by atomic mass is 16.2. The van der Waals surface area contributed by atoms with Gasteiger partial charge in [-0.25, -0.2) is 0 Å². The number of rotatable bonds is 3. The molecular weight excluding hydrogens is 232 g/mol. The molecule has 2 rings (SSSR count). The lowest BCUT2D eigenvalue weighted by atomic mass is 10.2. The first-order chi connectivity index (χ1) is 8.56. The summed E-state index contributed by atoms with van der Waals surface area (Å²) in [7, 11) is 3.90. The smallest absolute Gasteiger partial charge is 0.293 e. The zero-order chi connectivity index (χ0) is 13.1. The van der Waals surface area contributed by atoms with E-state index in [9.17, 15) is 4.79 Å². The second-order valence-electron chi connectivity index (χ2n) is 3.94. The van der Waals surface area contributed by atoms with Crippen molar-refractivity contribution in [2.75, 3.05) is 30.0 Å². The number of hydrogen-bond acceptors (Lipinski definition) is 5. The van der Waals surface area contributed by atoms with Gasteiger partial charge in [-0.1, -0.05) is 0 Å². The van der Waals surface area contributed by atoms with E-state index in [2.05, 4.69) is 20.5 Å². The van der Waals surface area contributed by atoms with Crippen LogP contribution in [-0.2, 0) is 0 Å². The minimum absolute atomic E-state index is 0.0445. The zero-order valence-corrected chi connectivity index (χ0v) is 10.1. The Balaban J connectivity index is 2.07. The number of nitrogens with one attached hydrogen (secondary N) is 2. The normalized spacial score (nSPS) is 10.1. The van der Waals surface area contributed by atoms with Crippen molar-refractivity contribution >= 4 is 23.2 Å². The van der Waals surface area contributed by atoms with E-state index >= 15 is 0 Å². The van der Waals surface area contributed by atoms with Gasteiger partial charge in [-0.2, -0.15) is 4.98 Å². The number of benzene rings is 1. The molecule has 7 heteroatoms. The molecule has 0 radical (unpaired) electrons. The van der Waals surface area contributed by atoms with E-state index in [1.807, 2.05) is 43.3 Å². The van der Waals surface area contributed by atoms with Crippen LogP contribution in [-0.4, -0.2) is 35.2 Å². The maximum absolute atomic E-state index is 11.7. The maximum Gasteiger partial charge on any atom is 0.293 e. The molecule has 0 aliphatic rings. The number of carbonyl (C=O) groups is 1. The van der Waals surface area contributed by atoms with Gasteiger partial charge >= 0.3 is 0 Å². The summed E-state index contributed by atoms with van der Waals surface area (Å²) in [5.74, 6) is -0.246. The number of amides is 1. The predicted molar refractivity (Wildman–Crippen MR) is 69.5 cm³/mol. The molecule has 0 bridgehead atoms. The Morgan fingerprint density at radius 2 is 2.00 bits per heavy atom. The fourth-order valence-electron chi connectivity index (χ4n) is 1.41. The lowest BCUT2D eigenvalue weighted by Crippen LogP contribution is -2.14. The molecule has 18 heavy (non-hydrogen) atoms. The fourth-order valence-corrected chi connectivity index (χ4v) is 1.41. The van der Waals surface area contributed by atoms with Crippen LogP contribution in [0.4, 0.5) is 17.3 Å². The summed E-state index contributed by atoms with van der Waals surface area (Å²) in [6.07, 6.45) is 0. The summed E-state index contributed by atoms with van der Waals surface area (Å²) in [5, 5.41) is 8.73. The Kier molecular flexibility index (Phi) is 3.13. The van der Waals surface area contributed by atoms with Crippen LogP contribution < -0.4 is 16.0 Å². The average molecular weight is 246 g/mol. The molecule has 0 atom stereocenters. The third-order valence-electron chi connectivity index (χ3n) is 2.36. The van der Waals surface area contributed by atoms with Crippen LogP contribution in [0.2, 0.25) is 0 Å². The first kappa shape index (κ1) is 11.9. The zero-order valence-electron chi connectivity index (χ0n) is 10.1. The molecule has 0 saturated heterocycles. The molecule has 0 aliphatic carbocycles. The summed E-state index contributed by atoms with van der Waals surface area (Å²) in [5.41, 5.74) is 7.06. The molecule has 94 valence electrons. The Hall–Kier alpha value is -2.57. The number of anilines is 3. The van der Waals surface area contributed by atoms with Gasteiger partial charge in [-0.3, -0.25) is 9.89 Å². The molecule has 0 aliphatic heterocycles. The van der Waals surface area contributed by atoms with Crippen molar-refractivity contribution in [1.29, 1.82) is 0 Å². The molecule has 2 aromatic rings. The van der Waals surface area contributed by atoms with Gasteiger partial charge in [0.2, 0.25) is 11.8 Å². The van der Waals surface area contributed by atoms with E-state index in [0.29, 0.717) is 5.69 Å². The molecule has 0 unspecified atom stereocenters. The van der Waals surface area contributed by atoms with Crippen LogP contribution in [0.5, 0.6) is 0 Å². The van der Waals surface area contributed by atoms with Crippen molar-refractivity contribution in [3.8, 4) is 0 Å². The molecule has 7 nitrogen and oxygen atoms in total. The third kappa shape index (κ3) is 2.57. The van der Waals surface area contributed by atoms with Crippen LogP contribution >= 0.6 is 0 Å². The second-order valence-corrected chi connectivity index (χ2v) is 3.94. The van der Waals surface area contributed by atoms with E-state index < -0.39 is 0 Å². The highest BCUT2D eigenvalue weighted by molar-refractivity contribution is 6.01. The molecule has 0 saturated carbocycles. The summed E-state index contributed by atoms with van der Waals surface area (Å²) in [6, 6.07) is 7.44. The number of aromatic nitrogens is 3. The molecule has 0 fully saturated rings. The third-order valence-corrected chi connectivity index (χ3v) is 2.36. The van der Waals surface area contributed by atoms with Crippen molar-refractivity contribution < 1.29 is 4.79 Å². The van der Waals surface area contributed by atoms with E-state index in [0.717, 1.165) is 5.69 Å². The van der Waals surface area contributed by atoms with E-state index in [-0.39, 0.29) is 17.7 Å². The molecular formula is C11H14N6O. The van der Waals surface area contributed by atoms with Crippen molar-refractivity contribution in [3.05, 3.63) is 30.1 Å². The van der Waals surface area contributed by atoms with E-state index in [4.69, 9.17) is 5.73 Å². The number of nitrogen functional groups attached to an aromatic ring is 1. The van der Waals surface area contributed by atoms with Crippen LogP contribution in [0, 0.1) is 0 Å². The van der Waals surface area contributed by atoms with Crippen LogP contribution in [0.3, 0.4) is 0 Å². The van der Waals surface area contributed by atoms with Crippen molar-refractivity contribution in [2.45, 2.75) is 0 Å². The van der Waals surface area contributed by atoms with Crippen LogP contribution in [0.1, 0.15) is 10.6 Å². The van der Waals surface area contributed by atoms with Crippen LogP contribution in [0.25, 0.3) is 0 Å². The molecule has 1 amide bonds.